The molecule has 1 fully saturated rings. The third-order valence-corrected chi connectivity index (χ3v) is 4.37. The standard InChI is InChI=1S/C20H29FN2O6/c1-3-5-19(25)29-14-16(24)13-23(20(26)28-4-2)15-6-7-18(17(21)12-15)22-8-10-27-11-9-22/h6-7,12,16,24H,3-5,8-11,13-14H2,1-2H3/t16-/m0/s1. The molecule has 162 valence electrons. The molecule has 0 aromatic heterocycles. The van der Waals surface area contributed by atoms with E-state index in [4.69, 9.17) is 14.2 Å². The number of amides is 1. The zero-order valence-corrected chi connectivity index (χ0v) is 16.9. The van der Waals surface area contributed by atoms with Crippen LogP contribution in [0.1, 0.15) is 26.7 Å². The number of halogens is 1. The highest BCUT2D eigenvalue weighted by Crippen LogP contribution is 2.26. The predicted molar refractivity (Wildman–Crippen MR) is 106 cm³/mol. The molecule has 8 nitrogen and oxygen atoms in total. The summed E-state index contributed by atoms with van der Waals surface area (Å²) in [6.07, 6.45) is -0.964. The molecule has 0 spiro atoms. The van der Waals surface area contributed by atoms with Crippen molar-refractivity contribution in [1.29, 1.82) is 0 Å². The van der Waals surface area contributed by atoms with Crippen LogP contribution in [0, 0.1) is 5.82 Å². The SMILES string of the molecule is CCCC(=O)OC[C@@H](O)CN(C(=O)OCC)c1ccc(N2CCOCC2)c(F)c1. The summed E-state index contributed by atoms with van der Waals surface area (Å²) in [5.41, 5.74) is 0.673. The van der Waals surface area contributed by atoms with Crippen LogP contribution in [0.4, 0.5) is 20.6 Å². The minimum absolute atomic E-state index is 0.130. The number of carbonyl (C=O) groups excluding carboxylic acids is 2. The Labute approximate surface area is 170 Å². The number of esters is 1. The smallest absolute Gasteiger partial charge is 0.414 e. The van der Waals surface area contributed by atoms with Crippen molar-refractivity contribution in [2.24, 2.45) is 0 Å². The van der Waals surface area contributed by atoms with E-state index < -0.39 is 24.0 Å². The number of aliphatic hydroxyl groups excluding tert-OH is 1. The van der Waals surface area contributed by atoms with Gasteiger partial charge in [-0.05, 0) is 31.5 Å². The molecular formula is C20H29FN2O6. The van der Waals surface area contributed by atoms with E-state index in [-0.39, 0.29) is 31.9 Å². The molecule has 1 amide bonds. The second-order valence-electron chi connectivity index (χ2n) is 6.63. The molecule has 1 heterocycles. The van der Waals surface area contributed by atoms with Crippen molar-refractivity contribution >= 4 is 23.4 Å². The Morgan fingerprint density at radius 2 is 2.00 bits per heavy atom. The van der Waals surface area contributed by atoms with Gasteiger partial charge >= 0.3 is 12.1 Å². The average Bonchev–Trinajstić information content (AvgIpc) is 2.71. The number of nitrogens with zero attached hydrogens (tertiary/aromatic N) is 2. The van der Waals surface area contributed by atoms with E-state index in [1.165, 1.54) is 6.07 Å². The first kappa shape index (κ1) is 22.9. The Balaban J connectivity index is 2.11. The largest absolute Gasteiger partial charge is 0.463 e. The first-order chi connectivity index (χ1) is 14.0. The maximum atomic E-state index is 14.7. The Kier molecular flexibility index (Phi) is 9.14. The summed E-state index contributed by atoms with van der Waals surface area (Å²) in [5.74, 6) is -0.905. The van der Waals surface area contributed by atoms with Gasteiger partial charge in [0.05, 0.1) is 37.7 Å². The molecule has 1 aromatic carbocycles. The Morgan fingerprint density at radius 3 is 2.62 bits per heavy atom. The monoisotopic (exact) mass is 412 g/mol. The fourth-order valence-corrected chi connectivity index (χ4v) is 2.94. The van der Waals surface area contributed by atoms with E-state index in [1.54, 1.807) is 19.1 Å². The van der Waals surface area contributed by atoms with Crippen molar-refractivity contribution in [3.63, 3.8) is 0 Å². The van der Waals surface area contributed by atoms with Crippen molar-refractivity contribution in [2.45, 2.75) is 32.8 Å². The molecule has 9 heteroatoms. The van der Waals surface area contributed by atoms with Crippen LogP contribution >= 0.6 is 0 Å². The number of carbonyl (C=O) groups is 2. The van der Waals surface area contributed by atoms with Gasteiger partial charge in [0.25, 0.3) is 0 Å². The third-order valence-electron chi connectivity index (χ3n) is 4.37. The van der Waals surface area contributed by atoms with Crippen LogP contribution in [0.25, 0.3) is 0 Å². The third kappa shape index (κ3) is 6.86. The van der Waals surface area contributed by atoms with Gasteiger partial charge < -0.3 is 24.2 Å². The normalized spacial score (nSPS) is 15.0. The van der Waals surface area contributed by atoms with Crippen molar-refractivity contribution in [1.82, 2.24) is 0 Å². The van der Waals surface area contributed by atoms with E-state index in [2.05, 4.69) is 0 Å². The molecule has 1 N–H and O–H groups in total. The quantitative estimate of drug-likeness (QED) is 0.623. The van der Waals surface area contributed by atoms with Crippen LogP contribution in [0.15, 0.2) is 18.2 Å². The lowest BCUT2D eigenvalue weighted by atomic mass is 10.2. The van der Waals surface area contributed by atoms with Crippen LogP contribution in [0.2, 0.25) is 0 Å². The average molecular weight is 412 g/mol. The Bertz CT molecular complexity index is 681. The van der Waals surface area contributed by atoms with Gasteiger partial charge in [-0.15, -0.1) is 0 Å². The lowest BCUT2D eigenvalue weighted by Crippen LogP contribution is -2.40. The van der Waals surface area contributed by atoms with E-state index in [9.17, 15) is 19.1 Å². The molecule has 1 aliphatic heterocycles. The number of aliphatic hydroxyl groups is 1. The summed E-state index contributed by atoms with van der Waals surface area (Å²) in [7, 11) is 0. The topological polar surface area (TPSA) is 88.5 Å². The van der Waals surface area contributed by atoms with Gasteiger partial charge in [0, 0.05) is 19.5 Å². The molecule has 0 saturated carbocycles. The van der Waals surface area contributed by atoms with E-state index in [0.717, 1.165) is 4.90 Å². The van der Waals surface area contributed by atoms with Crippen LogP contribution in [0.5, 0.6) is 0 Å². The minimum Gasteiger partial charge on any atom is -0.463 e. The Hall–Kier alpha value is -2.39. The number of benzene rings is 1. The van der Waals surface area contributed by atoms with Gasteiger partial charge in [-0.1, -0.05) is 6.92 Å². The molecule has 29 heavy (non-hydrogen) atoms. The highest BCUT2D eigenvalue weighted by molar-refractivity contribution is 5.88. The summed E-state index contributed by atoms with van der Waals surface area (Å²) in [6, 6.07) is 4.42. The molecule has 0 unspecified atom stereocenters. The fourth-order valence-electron chi connectivity index (χ4n) is 2.94. The summed E-state index contributed by atoms with van der Waals surface area (Å²) < 4.78 is 30.0. The van der Waals surface area contributed by atoms with Crippen LogP contribution in [-0.2, 0) is 19.0 Å². The van der Waals surface area contributed by atoms with Crippen molar-refractivity contribution in [3.8, 4) is 0 Å². The van der Waals surface area contributed by atoms with Gasteiger partial charge in [-0.3, -0.25) is 9.69 Å². The molecule has 1 aliphatic rings. The zero-order chi connectivity index (χ0) is 21.2. The molecule has 0 aliphatic carbocycles. The van der Waals surface area contributed by atoms with Gasteiger partial charge in [-0.2, -0.15) is 0 Å². The fraction of sp³-hybridized carbons (Fsp3) is 0.600. The molecule has 1 saturated heterocycles. The van der Waals surface area contributed by atoms with Gasteiger partial charge in [0.15, 0.2) is 0 Å². The van der Waals surface area contributed by atoms with Crippen LogP contribution in [-0.4, -0.2) is 69.3 Å². The summed E-state index contributed by atoms with van der Waals surface area (Å²) in [5, 5.41) is 10.2. The molecule has 0 bridgehead atoms. The summed E-state index contributed by atoms with van der Waals surface area (Å²) >= 11 is 0. The van der Waals surface area contributed by atoms with Crippen LogP contribution in [0.3, 0.4) is 0 Å². The number of ether oxygens (including phenoxy) is 3. The molecular weight excluding hydrogens is 383 g/mol. The zero-order valence-electron chi connectivity index (χ0n) is 16.9. The van der Waals surface area contributed by atoms with E-state index in [0.29, 0.717) is 38.4 Å². The predicted octanol–water partition coefficient (Wildman–Crippen LogP) is 2.33. The minimum atomic E-state index is -1.14. The number of hydrogen-bond donors (Lipinski definition) is 1. The molecule has 0 radical (unpaired) electrons. The van der Waals surface area contributed by atoms with Crippen molar-refractivity contribution in [2.75, 3.05) is 55.9 Å². The maximum absolute atomic E-state index is 14.7. The highest BCUT2D eigenvalue weighted by Gasteiger charge is 2.24. The summed E-state index contributed by atoms with van der Waals surface area (Å²) in [4.78, 5) is 26.8. The number of hydrogen-bond acceptors (Lipinski definition) is 7. The van der Waals surface area contributed by atoms with Gasteiger partial charge in [0.1, 0.15) is 18.5 Å². The van der Waals surface area contributed by atoms with Gasteiger partial charge in [0.2, 0.25) is 0 Å². The summed E-state index contributed by atoms with van der Waals surface area (Å²) in [6.45, 7) is 5.39. The molecule has 1 aromatic rings. The molecule has 2 rings (SSSR count). The number of morpholine rings is 1. The van der Waals surface area contributed by atoms with Crippen molar-refractivity contribution in [3.05, 3.63) is 24.0 Å². The second kappa shape index (κ2) is 11.6. The van der Waals surface area contributed by atoms with Crippen LogP contribution < -0.4 is 9.80 Å². The maximum Gasteiger partial charge on any atom is 0.414 e. The highest BCUT2D eigenvalue weighted by atomic mass is 19.1. The molecule has 1 atom stereocenters. The number of anilines is 2. The lowest BCUT2D eigenvalue weighted by Gasteiger charge is -2.30. The Morgan fingerprint density at radius 1 is 1.28 bits per heavy atom. The van der Waals surface area contributed by atoms with E-state index >= 15 is 0 Å². The first-order valence-electron chi connectivity index (χ1n) is 9.86. The lowest BCUT2D eigenvalue weighted by molar-refractivity contribution is -0.146. The second-order valence-corrected chi connectivity index (χ2v) is 6.63. The van der Waals surface area contributed by atoms with Crippen molar-refractivity contribution < 1.29 is 33.3 Å². The van der Waals surface area contributed by atoms with Gasteiger partial charge in [-0.25, -0.2) is 9.18 Å². The first-order valence-corrected chi connectivity index (χ1v) is 9.86. The number of rotatable bonds is 9. The van der Waals surface area contributed by atoms with E-state index in [1.807, 2.05) is 11.8 Å².